The van der Waals surface area contributed by atoms with Gasteiger partial charge >= 0.3 is 0 Å². The summed E-state index contributed by atoms with van der Waals surface area (Å²) in [6.07, 6.45) is 6.17. The molecule has 1 aliphatic heterocycles. The zero-order valence-electron chi connectivity index (χ0n) is 15.4. The molecule has 0 saturated heterocycles. The molecule has 0 fully saturated rings. The number of aliphatic hydroxyl groups is 1. The van der Waals surface area contributed by atoms with Crippen LogP contribution in [0.15, 0.2) is 54.6 Å². The molecule has 0 bridgehead atoms. The molecule has 27 heavy (non-hydrogen) atoms. The number of ether oxygens (including phenoxy) is 1. The maximum atomic E-state index is 12.9. The Morgan fingerprint density at radius 3 is 2.89 bits per heavy atom. The third-order valence-corrected chi connectivity index (χ3v) is 4.80. The number of nitrogens with zero attached hydrogens (tertiary/aromatic N) is 1. The number of anilines is 1. The first-order valence-electron chi connectivity index (χ1n) is 9.31. The predicted octanol–water partition coefficient (Wildman–Crippen LogP) is 5.48. The summed E-state index contributed by atoms with van der Waals surface area (Å²) < 4.78 is 6.00. The molecule has 1 N–H and O–H groups in total. The average Bonchev–Trinajstić information content (AvgIpc) is 2.83. The third kappa shape index (κ3) is 4.90. The van der Waals surface area contributed by atoms with Gasteiger partial charge in [0.1, 0.15) is 5.75 Å². The standard InChI is InChI=1S/C22H24ClNO3/c1-2-3-4-8-18(25)11-13-22(26)24-15-16-7-5-6-9-20(16)27-21-12-10-17(23)14-19(21)24/h5-7,9-14,18,25H,2-4,8,15H2,1H3/b13-11+. The quantitative estimate of drug-likeness (QED) is 0.529. The lowest BCUT2D eigenvalue weighted by atomic mass is 10.1. The van der Waals surface area contributed by atoms with Crippen LogP contribution in [-0.2, 0) is 11.3 Å². The molecule has 2 aromatic rings. The van der Waals surface area contributed by atoms with Crippen molar-refractivity contribution in [1.82, 2.24) is 0 Å². The maximum absolute atomic E-state index is 12.9. The van der Waals surface area contributed by atoms with Crippen LogP contribution in [0.3, 0.4) is 0 Å². The Hall–Kier alpha value is -2.30. The van der Waals surface area contributed by atoms with Gasteiger partial charge in [-0.25, -0.2) is 0 Å². The van der Waals surface area contributed by atoms with Gasteiger partial charge in [0.25, 0.3) is 5.91 Å². The van der Waals surface area contributed by atoms with Crippen LogP contribution in [0, 0.1) is 0 Å². The fourth-order valence-electron chi connectivity index (χ4n) is 3.08. The second-order valence-electron chi connectivity index (χ2n) is 6.67. The number of rotatable bonds is 6. The summed E-state index contributed by atoms with van der Waals surface area (Å²) in [5.74, 6) is 1.09. The van der Waals surface area contributed by atoms with Crippen molar-refractivity contribution in [1.29, 1.82) is 0 Å². The molecule has 1 aliphatic rings. The Bertz CT molecular complexity index is 834. The highest BCUT2D eigenvalue weighted by Crippen LogP contribution is 2.40. The van der Waals surface area contributed by atoms with Gasteiger partial charge in [0.2, 0.25) is 0 Å². The second-order valence-corrected chi connectivity index (χ2v) is 7.10. The topological polar surface area (TPSA) is 49.8 Å². The summed E-state index contributed by atoms with van der Waals surface area (Å²) in [5.41, 5.74) is 1.53. The third-order valence-electron chi connectivity index (χ3n) is 4.56. The Morgan fingerprint density at radius 1 is 1.26 bits per heavy atom. The summed E-state index contributed by atoms with van der Waals surface area (Å²) in [6, 6.07) is 12.9. The molecule has 0 saturated carbocycles. The molecule has 1 unspecified atom stereocenters. The molecule has 0 radical (unpaired) electrons. The molecule has 5 heteroatoms. The van der Waals surface area contributed by atoms with Gasteiger partial charge in [-0.15, -0.1) is 0 Å². The van der Waals surface area contributed by atoms with E-state index in [1.807, 2.05) is 24.3 Å². The lowest BCUT2D eigenvalue weighted by Crippen LogP contribution is -2.28. The smallest absolute Gasteiger partial charge is 0.251 e. The zero-order chi connectivity index (χ0) is 19.2. The minimum Gasteiger partial charge on any atom is -0.455 e. The lowest BCUT2D eigenvalue weighted by molar-refractivity contribution is -0.114. The van der Waals surface area contributed by atoms with Gasteiger partial charge in [-0.05, 0) is 30.7 Å². The first-order valence-corrected chi connectivity index (χ1v) is 9.69. The number of carbonyl (C=O) groups excluding carboxylic acids is 1. The van der Waals surface area contributed by atoms with E-state index in [1.54, 1.807) is 29.2 Å². The number of hydrogen-bond acceptors (Lipinski definition) is 3. The molecular formula is C22H24ClNO3. The van der Waals surface area contributed by atoms with Crippen LogP contribution in [0.4, 0.5) is 5.69 Å². The van der Waals surface area contributed by atoms with Crippen molar-refractivity contribution in [3.05, 3.63) is 65.2 Å². The number of aliphatic hydroxyl groups excluding tert-OH is 1. The van der Waals surface area contributed by atoms with Crippen molar-refractivity contribution in [2.24, 2.45) is 0 Å². The first kappa shape index (κ1) is 19.5. The number of halogens is 1. The van der Waals surface area contributed by atoms with Crippen molar-refractivity contribution in [2.45, 2.75) is 45.3 Å². The fraction of sp³-hybridized carbons (Fsp3) is 0.318. The zero-order valence-corrected chi connectivity index (χ0v) is 16.2. The van der Waals surface area contributed by atoms with Crippen LogP contribution in [0.5, 0.6) is 11.5 Å². The van der Waals surface area contributed by atoms with E-state index >= 15 is 0 Å². The van der Waals surface area contributed by atoms with E-state index in [0.717, 1.165) is 30.6 Å². The average molecular weight is 386 g/mol. The minimum absolute atomic E-state index is 0.214. The summed E-state index contributed by atoms with van der Waals surface area (Å²) in [6.45, 7) is 2.49. The highest BCUT2D eigenvalue weighted by atomic mass is 35.5. The molecule has 4 nitrogen and oxygen atoms in total. The van der Waals surface area contributed by atoms with E-state index < -0.39 is 6.10 Å². The maximum Gasteiger partial charge on any atom is 0.251 e. The van der Waals surface area contributed by atoms with Crippen molar-refractivity contribution in [3.63, 3.8) is 0 Å². The predicted molar refractivity (Wildman–Crippen MR) is 108 cm³/mol. The number of hydrogen-bond donors (Lipinski definition) is 1. The molecular weight excluding hydrogens is 362 g/mol. The molecule has 1 heterocycles. The van der Waals surface area contributed by atoms with Crippen LogP contribution in [-0.4, -0.2) is 17.1 Å². The highest BCUT2D eigenvalue weighted by molar-refractivity contribution is 6.31. The van der Waals surface area contributed by atoms with Crippen LogP contribution < -0.4 is 9.64 Å². The Kier molecular flexibility index (Phi) is 6.54. The number of benzene rings is 2. The van der Waals surface area contributed by atoms with Gasteiger partial charge in [-0.1, -0.05) is 62.1 Å². The monoisotopic (exact) mass is 385 g/mol. The summed E-state index contributed by atoms with van der Waals surface area (Å²) >= 11 is 6.16. The molecule has 0 aromatic heterocycles. The molecule has 2 aromatic carbocycles. The molecule has 1 amide bonds. The van der Waals surface area contributed by atoms with Crippen LogP contribution in [0.25, 0.3) is 0 Å². The normalized spacial score (nSPS) is 14.3. The summed E-state index contributed by atoms with van der Waals surface area (Å²) in [5, 5.41) is 10.6. The van der Waals surface area contributed by atoms with Gasteiger partial charge in [0, 0.05) is 16.7 Å². The minimum atomic E-state index is -0.616. The fourth-order valence-corrected chi connectivity index (χ4v) is 3.24. The van der Waals surface area contributed by atoms with Gasteiger partial charge in [0.15, 0.2) is 5.75 Å². The summed E-state index contributed by atoms with van der Waals surface area (Å²) in [4.78, 5) is 14.5. The second kappa shape index (κ2) is 9.07. The largest absolute Gasteiger partial charge is 0.455 e. The number of unbranched alkanes of at least 4 members (excludes halogenated alkanes) is 2. The molecule has 3 rings (SSSR count). The van der Waals surface area contributed by atoms with Crippen molar-refractivity contribution in [2.75, 3.05) is 4.90 Å². The van der Waals surface area contributed by atoms with Gasteiger partial charge < -0.3 is 14.7 Å². The SMILES string of the molecule is CCCCCC(O)/C=C/C(=O)N1Cc2ccccc2Oc2ccc(Cl)cc21. The lowest BCUT2D eigenvalue weighted by Gasteiger charge is -2.21. The van der Waals surface area contributed by atoms with Crippen LogP contribution >= 0.6 is 11.6 Å². The molecule has 142 valence electrons. The molecule has 0 aliphatic carbocycles. The van der Waals surface area contributed by atoms with Gasteiger partial charge in [-0.2, -0.15) is 0 Å². The van der Waals surface area contributed by atoms with Gasteiger partial charge in [-0.3, -0.25) is 4.79 Å². The van der Waals surface area contributed by atoms with E-state index in [-0.39, 0.29) is 5.91 Å². The Labute approximate surface area is 165 Å². The van der Waals surface area contributed by atoms with E-state index in [4.69, 9.17) is 16.3 Å². The molecule has 0 spiro atoms. The van der Waals surface area contributed by atoms with E-state index in [0.29, 0.717) is 29.4 Å². The first-order chi connectivity index (χ1) is 13.1. The summed E-state index contributed by atoms with van der Waals surface area (Å²) in [7, 11) is 0. The van der Waals surface area contributed by atoms with E-state index in [9.17, 15) is 9.90 Å². The van der Waals surface area contributed by atoms with Crippen LogP contribution in [0.1, 0.15) is 38.2 Å². The number of carbonyl (C=O) groups is 1. The van der Waals surface area contributed by atoms with Crippen LogP contribution in [0.2, 0.25) is 5.02 Å². The number of amides is 1. The highest BCUT2D eigenvalue weighted by Gasteiger charge is 2.24. The van der Waals surface area contributed by atoms with E-state index in [1.165, 1.54) is 6.08 Å². The van der Waals surface area contributed by atoms with Crippen molar-refractivity contribution in [3.8, 4) is 11.5 Å². The van der Waals surface area contributed by atoms with Gasteiger partial charge in [0.05, 0.1) is 18.3 Å². The van der Waals surface area contributed by atoms with Crippen molar-refractivity contribution < 1.29 is 14.6 Å². The van der Waals surface area contributed by atoms with E-state index in [2.05, 4.69) is 6.92 Å². The Morgan fingerprint density at radius 2 is 2.07 bits per heavy atom. The molecule has 1 atom stereocenters. The number of fused-ring (bicyclic) bond motifs is 2. The Balaban J connectivity index is 1.85. The van der Waals surface area contributed by atoms with Crippen molar-refractivity contribution >= 4 is 23.2 Å². The number of para-hydroxylation sites is 1.